The summed E-state index contributed by atoms with van der Waals surface area (Å²) in [7, 11) is 0. The van der Waals surface area contributed by atoms with Crippen LogP contribution in [-0.2, 0) is 4.79 Å². The lowest BCUT2D eigenvalue weighted by Crippen LogP contribution is -2.33. The third-order valence-corrected chi connectivity index (χ3v) is 2.16. The van der Waals surface area contributed by atoms with Crippen LogP contribution in [0.2, 0.25) is 0 Å². The van der Waals surface area contributed by atoms with Crippen molar-refractivity contribution in [1.82, 2.24) is 10.2 Å². The van der Waals surface area contributed by atoms with E-state index in [0.717, 1.165) is 13.0 Å². The number of carbonyl (C=O) groups excluding carboxylic acids is 1. The fourth-order valence-electron chi connectivity index (χ4n) is 1.27. The molecule has 0 unspecified atom stereocenters. The molecule has 0 aliphatic heterocycles. The molecule has 0 aromatic heterocycles. The van der Waals surface area contributed by atoms with Crippen LogP contribution in [0.3, 0.4) is 0 Å². The number of hydrogen-bond acceptors (Lipinski definition) is 4. The average molecular weight is 230 g/mol. The predicted octanol–water partition coefficient (Wildman–Crippen LogP) is -0.645. The van der Waals surface area contributed by atoms with Crippen LogP contribution in [0.1, 0.15) is 13.3 Å². The van der Waals surface area contributed by atoms with Crippen LogP contribution in [0, 0.1) is 0 Å². The molecule has 94 valence electrons. The quantitative estimate of drug-likeness (QED) is 0.364. The Kier molecular flexibility index (Phi) is 8.80. The maximum atomic E-state index is 11.1. The SMILES string of the molecule is C=C(C)C(=O)NCCCN(CCO)CCO. The van der Waals surface area contributed by atoms with Gasteiger partial charge in [0.2, 0.25) is 5.91 Å². The summed E-state index contributed by atoms with van der Waals surface area (Å²) in [6.45, 7) is 7.80. The van der Waals surface area contributed by atoms with Crippen molar-refractivity contribution in [3.63, 3.8) is 0 Å². The van der Waals surface area contributed by atoms with Gasteiger partial charge in [-0.1, -0.05) is 6.58 Å². The fourth-order valence-corrected chi connectivity index (χ4v) is 1.27. The lowest BCUT2D eigenvalue weighted by atomic mass is 10.3. The zero-order valence-electron chi connectivity index (χ0n) is 9.91. The summed E-state index contributed by atoms with van der Waals surface area (Å²) in [5, 5.41) is 20.3. The molecule has 0 saturated carbocycles. The number of hydrogen-bond donors (Lipinski definition) is 3. The molecular weight excluding hydrogens is 208 g/mol. The van der Waals surface area contributed by atoms with E-state index in [0.29, 0.717) is 25.2 Å². The molecule has 5 heteroatoms. The summed E-state index contributed by atoms with van der Waals surface area (Å²) in [6, 6.07) is 0. The van der Waals surface area contributed by atoms with Gasteiger partial charge in [-0.05, 0) is 19.9 Å². The Balaban J connectivity index is 3.61. The first-order valence-corrected chi connectivity index (χ1v) is 5.49. The van der Waals surface area contributed by atoms with Gasteiger partial charge >= 0.3 is 0 Å². The molecule has 0 saturated heterocycles. The van der Waals surface area contributed by atoms with Crippen LogP contribution in [0.4, 0.5) is 0 Å². The molecule has 0 radical (unpaired) electrons. The minimum absolute atomic E-state index is 0.0815. The molecule has 0 aliphatic carbocycles. The highest BCUT2D eigenvalue weighted by Gasteiger charge is 2.04. The summed E-state index contributed by atoms with van der Waals surface area (Å²) in [6.07, 6.45) is 0.791. The van der Waals surface area contributed by atoms with E-state index < -0.39 is 0 Å². The topological polar surface area (TPSA) is 72.8 Å². The highest BCUT2D eigenvalue weighted by Crippen LogP contribution is 1.91. The highest BCUT2D eigenvalue weighted by atomic mass is 16.3. The molecule has 0 atom stereocenters. The standard InChI is InChI=1S/C11H22N2O3/c1-10(2)11(16)12-4-3-5-13(6-8-14)7-9-15/h14-15H,1,3-9H2,2H3,(H,12,16). The molecule has 0 spiro atoms. The summed E-state index contributed by atoms with van der Waals surface area (Å²) < 4.78 is 0. The minimum Gasteiger partial charge on any atom is -0.395 e. The zero-order chi connectivity index (χ0) is 12.4. The van der Waals surface area contributed by atoms with E-state index in [4.69, 9.17) is 10.2 Å². The van der Waals surface area contributed by atoms with Crippen molar-refractivity contribution in [3.05, 3.63) is 12.2 Å². The van der Waals surface area contributed by atoms with E-state index in [1.807, 2.05) is 4.90 Å². The number of amides is 1. The van der Waals surface area contributed by atoms with Crippen molar-refractivity contribution in [2.75, 3.05) is 39.4 Å². The van der Waals surface area contributed by atoms with E-state index in [9.17, 15) is 4.79 Å². The Morgan fingerprint density at radius 2 is 1.81 bits per heavy atom. The zero-order valence-corrected chi connectivity index (χ0v) is 9.91. The second-order valence-electron chi connectivity index (χ2n) is 3.68. The molecule has 5 nitrogen and oxygen atoms in total. The van der Waals surface area contributed by atoms with E-state index in [1.54, 1.807) is 6.92 Å². The van der Waals surface area contributed by atoms with Crippen LogP contribution in [0.15, 0.2) is 12.2 Å². The van der Waals surface area contributed by atoms with Gasteiger partial charge in [-0.15, -0.1) is 0 Å². The highest BCUT2D eigenvalue weighted by molar-refractivity contribution is 5.91. The largest absolute Gasteiger partial charge is 0.395 e. The average Bonchev–Trinajstić information content (AvgIpc) is 2.24. The van der Waals surface area contributed by atoms with Crippen molar-refractivity contribution in [2.45, 2.75) is 13.3 Å². The molecule has 0 heterocycles. The van der Waals surface area contributed by atoms with Crippen LogP contribution < -0.4 is 5.32 Å². The van der Waals surface area contributed by atoms with Gasteiger partial charge in [0.1, 0.15) is 0 Å². The minimum atomic E-state index is -0.129. The first-order chi connectivity index (χ1) is 7.61. The van der Waals surface area contributed by atoms with E-state index >= 15 is 0 Å². The van der Waals surface area contributed by atoms with Gasteiger partial charge in [0.25, 0.3) is 0 Å². The molecule has 0 bridgehead atoms. The van der Waals surface area contributed by atoms with Crippen molar-refractivity contribution in [1.29, 1.82) is 0 Å². The molecule has 0 aliphatic rings. The lowest BCUT2D eigenvalue weighted by molar-refractivity contribution is -0.117. The Morgan fingerprint density at radius 3 is 2.25 bits per heavy atom. The van der Waals surface area contributed by atoms with Gasteiger partial charge in [-0.3, -0.25) is 9.69 Å². The van der Waals surface area contributed by atoms with E-state index in [-0.39, 0.29) is 19.1 Å². The van der Waals surface area contributed by atoms with Gasteiger partial charge in [0.05, 0.1) is 13.2 Å². The number of nitrogens with one attached hydrogen (secondary N) is 1. The normalized spacial score (nSPS) is 10.5. The maximum Gasteiger partial charge on any atom is 0.246 e. The van der Waals surface area contributed by atoms with Crippen molar-refractivity contribution >= 4 is 5.91 Å². The smallest absolute Gasteiger partial charge is 0.246 e. The van der Waals surface area contributed by atoms with E-state index in [2.05, 4.69) is 11.9 Å². The van der Waals surface area contributed by atoms with Crippen LogP contribution in [-0.4, -0.2) is 60.4 Å². The van der Waals surface area contributed by atoms with Crippen molar-refractivity contribution in [3.8, 4) is 0 Å². The number of nitrogens with zero attached hydrogens (tertiary/aromatic N) is 1. The molecular formula is C11H22N2O3. The van der Waals surface area contributed by atoms with Gasteiger partial charge in [-0.2, -0.15) is 0 Å². The number of carbonyl (C=O) groups is 1. The number of aliphatic hydroxyl groups is 2. The van der Waals surface area contributed by atoms with Gasteiger partial charge < -0.3 is 15.5 Å². The Morgan fingerprint density at radius 1 is 1.25 bits per heavy atom. The van der Waals surface area contributed by atoms with Crippen molar-refractivity contribution in [2.24, 2.45) is 0 Å². The third-order valence-electron chi connectivity index (χ3n) is 2.16. The first kappa shape index (κ1) is 15.1. The molecule has 16 heavy (non-hydrogen) atoms. The lowest BCUT2D eigenvalue weighted by Gasteiger charge is -2.19. The Bertz CT molecular complexity index is 213. The van der Waals surface area contributed by atoms with Gasteiger partial charge in [0, 0.05) is 25.2 Å². The van der Waals surface area contributed by atoms with Gasteiger partial charge in [0.15, 0.2) is 0 Å². The molecule has 0 aromatic carbocycles. The van der Waals surface area contributed by atoms with Crippen LogP contribution in [0.5, 0.6) is 0 Å². The summed E-state index contributed by atoms with van der Waals surface area (Å²) in [5.41, 5.74) is 0.502. The second kappa shape index (κ2) is 9.33. The van der Waals surface area contributed by atoms with Gasteiger partial charge in [-0.25, -0.2) is 0 Å². The molecule has 0 aromatic rings. The number of rotatable bonds is 9. The summed E-state index contributed by atoms with van der Waals surface area (Å²) >= 11 is 0. The summed E-state index contributed by atoms with van der Waals surface area (Å²) in [5.74, 6) is -0.129. The van der Waals surface area contributed by atoms with Crippen LogP contribution >= 0.6 is 0 Å². The van der Waals surface area contributed by atoms with E-state index in [1.165, 1.54) is 0 Å². The van der Waals surface area contributed by atoms with Crippen LogP contribution in [0.25, 0.3) is 0 Å². The summed E-state index contributed by atoms with van der Waals surface area (Å²) in [4.78, 5) is 13.1. The molecule has 0 rings (SSSR count). The maximum absolute atomic E-state index is 11.1. The first-order valence-electron chi connectivity index (χ1n) is 5.49. The fraction of sp³-hybridized carbons (Fsp3) is 0.727. The Labute approximate surface area is 96.8 Å². The molecule has 0 fully saturated rings. The molecule has 1 amide bonds. The number of aliphatic hydroxyl groups excluding tert-OH is 2. The van der Waals surface area contributed by atoms with Crippen molar-refractivity contribution < 1.29 is 15.0 Å². The predicted molar refractivity (Wildman–Crippen MR) is 63.1 cm³/mol. The third kappa shape index (κ3) is 7.39. The Hall–Kier alpha value is -0.910. The second-order valence-corrected chi connectivity index (χ2v) is 3.68. The molecule has 3 N–H and O–H groups in total. The monoisotopic (exact) mass is 230 g/mol.